The van der Waals surface area contributed by atoms with Crippen molar-refractivity contribution in [2.45, 2.75) is 0 Å². The van der Waals surface area contributed by atoms with Gasteiger partial charge in [0.05, 0.1) is 25.6 Å². The Balaban J connectivity index is 1.90. The first-order chi connectivity index (χ1) is 8.62. The van der Waals surface area contributed by atoms with E-state index in [9.17, 15) is 8.42 Å². The molecule has 2 aliphatic rings. The van der Waals surface area contributed by atoms with Gasteiger partial charge in [0.25, 0.3) is 0 Å². The largest absolute Gasteiger partial charge is 0.379 e. The van der Waals surface area contributed by atoms with Crippen LogP contribution >= 0.6 is 0 Å². The van der Waals surface area contributed by atoms with E-state index in [-0.39, 0.29) is 12.4 Å². The van der Waals surface area contributed by atoms with Crippen LogP contribution in [0.4, 0.5) is 0 Å². The van der Waals surface area contributed by atoms with Gasteiger partial charge in [0.2, 0.25) is 10.0 Å². The summed E-state index contributed by atoms with van der Waals surface area (Å²) in [4.78, 5) is 3.76. The molecule has 0 N–H and O–H groups in total. The Morgan fingerprint density at radius 2 is 1.83 bits per heavy atom. The Morgan fingerprint density at radius 1 is 1.11 bits per heavy atom. The average Bonchev–Trinajstić information content (AvgIpc) is 2.52. The van der Waals surface area contributed by atoms with Crippen molar-refractivity contribution in [2.75, 3.05) is 58.4 Å². The second-order valence-corrected chi connectivity index (χ2v) is 6.54. The Morgan fingerprint density at radius 3 is 2.50 bits per heavy atom. The predicted octanol–water partition coefficient (Wildman–Crippen LogP) is -1.30. The second kappa shape index (κ2) is 5.84. The molecule has 0 saturated carbocycles. The molecule has 18 heavy (non-hydrogen) atoms. The molecular weight excluding hydrogens is 256 g/mol. The molecule has 0 radical (unpaired) electrons. The van der Waals surface area contributed by atoms with Crippen LogP contribution in [0, 0.1) is 11.5 Å². The molecular formula is C10H18N4O3S. The second-order valence-electron chi connectivity index (χ2n) is 4.45. The quantitative estimate of drug-likeness (QED) is 0.583. The molecule has 0 aliphatic carbocycles. The van der Waals surface area contributed by atoms with E-state index in [1.54, 1.807) is 4.90 Å². The summed E-state index contributed by atoms with van der Waals surface area (Å²) in [5, 5.41) is 8.75. The van der Waals surface area contributed by atoms with Crippen molar-refractivity contribution in [1.29, 1.82) is 5.26 Å². The van der Waals surface area contributed by atoms with Gasteiger partial charge in [0.1, 0.15) is 0 Å². The monoisotopic (exact) mass is 274 g/mol. The molecule has 0 aromatic rings. The Bertz CT molecular complexity index is 411. The molecule has 2 heterocycles. The highest BCUT2D eigenvalue weighted by molar-refractivity contribution is 7.89. The molecule has 0 atom stereocenters. The number of nitriles is 1. The zero-order valence-corrected chi connectivity index (χ0v) is 11.1. The summed E-state index contributed by atoms with van der Waals surface area (Å²) in [7, 11) is -3.19. The van der Waals surface area contributed by atoms with Crippen molar-refractivity contribution in [1.82, 2.24) is 14.1 Å². The molecule has 2 rings (SSSR count). The third kappa shape index (κ3) is 3.32. The molecule has 0 spiro atoms. The van der Waals surface area contributed by atoms with Gasteiger partial charge in [-0.3, -0.25) is 4.90 Å². The summed E-state index contributed by atoms with van der Waals surface area (Å²) in [6.07, 6.45) is 2.11. The van der Waals surface area contributed by atoms with Gasteiger partial charge in [-0.05, 0) is 0 Å². The minimum absolute atomic E-state index is 0.0607. The Hall–Kier alpha value is -0.880. The number of hydrogen-bond donors (Lipinski definition) is 0. The fourth-order valence-electron chi connectivity index (χ4n) is 2.07. The van der Waals surface area contributed by atoms with Crippen LogP contribution in [0.1, 0.15) is 0 Å². The third-order valence-electron chi connectivity index (χ3n) is 3.24. The zero-order valence-electron chi connectivity index (χ0n) is 10.3. The van der Waals surface area contributed by atoms with Crippen LogP contribution < -0.4 is 0 Å². The molecule has 0 amide bonds. The van der Waals surface area contributed by atoms with Crippen molar-refractivity contribution >= 4 is 10.0 Å². The lowest BCUT2D eigenvalue weighted by Gasteiger charge is -2.34. The highest BCUT2D eigenvalue weighted by atomic mass is 32.2. The number of hydrogen-bond acceptors (Lipinski definition) is 6. The number of rotatable bonds is 2. The normalized spacial score (nSPS) is 26.5. The molecule has 7 nitrogen and oxygen atoms in total. The van der Waals surface area contributed by atoms with Crippen LogP contribution in [0.3, 0.4) is 0 Å². The maximum atomic E-state index is 12.0. The zero-order chi connectivity index (χ0) is 13.0. The fourth-order valence-corrected chi connectivity index (χ4v) is 3.35. The van der Waals surface area contributed by atoms with E-state index in [2.05, 4.69) is 11.1 Å². The van der Waals surface area contributed by atoms with Gasteiger partial charge in [-0.1, -0.05) is 0 Å². The van der Waals surface area contributed by atoms with Gasteiger partial charge >= 0.3 is 0 Å². The Labute approximate surface area is 108 Å². The summed E-state index contributed by atoms with van der Waals surface area (Å²) in [5.74, 6) is 0.0607. The first-order valence-electron chi connectivity index (χ1n) is 6.04. The topological polar surface area (TPSA) is 76.9 Å². The van der Waals surface area contributed by atoms with Gasteiger partial charge < -0.3 is 9.64 Å². The maximum absolute atomic E-state index is 12.0. The first kappa shape index (κ1) is 13.5. The lowest BCUT2D eigenvalue weighted by Crippen LogP contribution is -2.50. The van der Waals surface area contributed by atoms with E-state index in [1.807, 2.05) is 0 Å². The van der Waals surface area contributed by atoms with Crippen LogP contribution in [-0.2, 0) is 14.8 Å². The average molecular weight is 274 g/mol. The summed E-state index contributed by atoms with van der Waals surface area (Å²) in [6, 6.07) is 0. The summed E-state index contributed by atoms with van der Waals surface area (Å²) >= 11 is 0. The van der Waals surface area contributed by atoms with Crippen LogP contribution in [0.25, 0.3) is 0 Å². The molecule has 0 aromatic heterocycles. The minimum atomic E-state index is -3.19. The third-order valence-corrected chi connectivity index (χ3v) is 5.00. The van der Waals surface area contributed by atoms with Crippen LogP contribution in [0.15, 0.2) is 0 Å². The summed E-state index contributed by atoms with van der Waals surface area (Å²) in [5.41, 5.74) is 0. The van der Waals surface area contributed by atoms with Crippen LogP contribution in [0.2, 0.25) is 0 Å². The molecule has 0 unspecified atom stereocenters. The molecule has 2 fully saturated rings. The lowest BCUT2D eigenvalue weighted by atomic mass is 10.3. The smallest absolute Gasteiger partial charge is 0.217 e. The minimum Gasteiger partial charge on any atom is -0.379 e. The van der Waals surface area contributed by atoms with Crippen molar-refractivity contribution in [3.63, 3.8) is 0 Å². The number of piperazine rings is 1. The van der Waals surface area contributed by atoms with Gasteiger partial charge in [-0.15, -0.1) is 0 Å². The highest BCUT2D eigenvalue weighted by Crippen LogP contribution is 2.09. The van der Waals surface area contributed by atoms with Gasteiger partial charge in [0, 0.05) is 32.7 Å². The molecule has 0 aromatic carbocycles. The Kier molecular flexibility index (Phi) is 4.40. The van der Waals surface area contributed by atoms with E-state index in [4.69, 9.17) is 10.00 Å². The number of sulfonamides is 1. The summed E-state index contributed by atoms with van der Waals surface area (Å²) < 4.78 is 30.6. The summed E-state index contributed by atoms with van der Waals surface area (Å²) in [6.45, 7) is 4.34. The lowest BCUT2D eigenvalue weighted by molar-refractivity contribution is 0.109. The van der Waals surface area contributed by atoms with Gasteiger partial charge in [-0.2, -0.15) is 9.57 Å². The molecule has 102 valence electrons. The van der Waals surface area contributed by atoms with Gasteiger partial charge in [0.15, 0.2) is 6.19 Å². The highest BCUT2D eigenvalue weighted by Gasteiger charge is 2.27. The van der Waals surface area contributed by atoms with Crippen molar-refractivity contribution in [3.8, 4) is 6.19 Å². The van der Waals surface area contributed by atoms with Crippen LogP contribution in [0.5, 0.6) is 0 Å². The van der Waals surface area contributed by atoms with Crippen molar-refractivity contribution in [2.24, 2.45) is 0 Å². The first-order valence-corrected chi connectivity index (χ1v) is 7.65. The standard InChI is InChI=1S/C10H18N4O3S/c11-9-12-1-3-13(4-2-12)10-14-5-6-17-7-8-18(14,15)16/h1-8,10H2. The van der Waals surface area contributed by atoms with E-state index >= 15 is 0 Å². The molecule has 2 aliphatic heterocycles. The van der Waals surface area contributed by atoms with Gasteiger partial charge in [-0.25, -0.2) is 8.42 Å². The van der Waals surface area contributed by atoms with E-state index < -0.39 is 10.0 Å². The molecule has 2 saturated heterocycles. The maximum Gasteiger partial charge on any atom is 0.217 e. The SMILES string of the molecule is N#CN1CCN(CN2CCOCCS2(=O)=O)CC1. The van der Waals surface area contributed by atoms with E-state index in [0.29, 0.717) is 32.9 Å². The number of ether oxygens (including phenoxy) is 1. The fraction of sp³-hybridized carbons (Fsp3) is 0.900. The molecule has 0 bridgehead atoms. The molecule has 8 heteroatoms. The van der Waals surface area contributed by atoms with Crippen molar-refractivity contribution < 1.29 is 13.2 Å². The van der Waals surface area contributed by atoms with E-state index in [0.717, 1.165) is 13.1 Å². The van der Waals surface area contributed by atoms with E-state index in [1.165, 1.54) is 4.31 Å². The van der Waals surface area contributed by atoms with Crippen LogP contribution in [-0.4, -0.2) is 80.9 Å². The number of nitrogens with zero attached hydrogens (tertiary/aromatic N) is 4. The predicted molar refractivity (Wildman–Crippen MR) is 64.9 cm³/mol. The van der Waals surface area contributed by atoms with Crippen molar-refractivity contribution in [3.05, 3.63) is 0 Å².